The fourth-order valence-corrected chi connectivity index (χ4v) is 2.05. The van der Waals surface area contributed by atoms with Crippen LogP contribution in [-0.4, -0.2) is 0 Å². The Hall–Kier alpha value is -1.90. The van der Waals surface area contributed by atoms with Gasteiger partial charge in [-0.1, -0.05) is 19.1 Å². The first-order valence-electron chi connectivity index (χ1n) is 6.38. The summed E-state index contributed by atoms with van der Waals surface area (Å²) >= 11 is 0. The Morgan fingerprint density at radius 2 is 1.74 bits per heavy atom. The minimum absolute atomic E-state index is 0.0884. The molecule has 2 aromatic carbocycles. The normalized spacial score (nSPS) is 12.2. The molecule has 0 aliphatic heterocycles. The number of anilines is 1. The van der Waals surface area contributed by atoms with E-state index >= 15 is 0 Å². The van der Waals surface area contributed by atoms with E-state index in [-0.39, 0.29) is 17.7 Å². The number of aryl methyl sites for hydroxylation is 1. The van der Waals surface area contributed by atoms with Crippen LogP contribution in [0.2, 0.25) is 0 Å². The summed E-state index contributed by atoms with van der Waals surface area (Å²) in [5, 5.41) is 3.34. The van der Waals surface area contributed by atoms with Crippen LogP contribution in [0.25, 0.3) is 0 Å². The SMILES string of the molecule is CCC(Nc1ccc(F)c(C)c1)c1ccc(F)cc1. The van der Waals surface area contributed by atoms with Crippen LogP contribution >= 0.6 is 0 Å². The van der Waals surface area contributed by atoms with Crippen molar-refractivity contribution in [2.75, 3.05) is 5.32 Å². The van der Waals surface area contributed by atoms with Gasteiger partial charge in [0.05, 0.1) is 6.04 Å². The molecule has 1 atom stereocenters. The zero-order valence-electron chi connectivity index (χ0n) is 11.1. The van der Waals surface area contributed by atoms with Crippen LogP contribution in [-0.2, 0) is 0 Å². The lowest BCUT2D eigenvalue weighted by molar-refractivity contribution is 0.618. The van der Waals surface area contributed by atoms with Gasteiger partial charge in [0.15, 0.2) is 0 Å². The van der Waals surface area contributed by atoms with Gasteiger partial charge in [0.2, 0.25) is 0 Å². The Bertz CT molecular complexity index is 549. The number of hydrogen-bond acceptors (Lipinski definition) is 1. The molecule has 0 spiro atoms. The highest BCUT2D eigenvalue weighted by atomic mass is 19.1. The van der Waals surface area contributed by atoms with E-state index in [1.165, 1.54) is 18.2 Å². The van der Waals surface area contributed by atoms with Gasteiger partial charge in [-0.15, -0.1) is 0 Å². The molecule has 0 amide bonds. The number of benzene rings is 2. The maximum absolute atomic E-state index is 13.2. The first-order chi connectivity index (χ1) is 9.10. The molecule has 1 N–H and O–H groups in total. The molecule has 2 aromatic rings. The molecule has 0 saturated heterocycles. The van der Waals surface area contributed by atoms with E-state index in [1.807, 2.05) is 0 Å². The Morgan fingerprint density at radius 1 is 1.05 bits per heavy atom. The van der Waals surface area contributed by atoms with E-state index in [0.717, 1.165) is 17.7 Å². The lowest BCUT2D eigenvalue weighted by Crippen LogP contribution is -2.09. The summed E-state index contributed by atoms with van der Waals surface area (Å²) in [6, 6.07) is 11.5. The molecular formula is C16H17F2N. The highest BCUT2D eigenvalue weighted by molar-refractivity contribution is 5.48. The quantitative estimate of drug-likeness (QED) is 0.830. The van der Waals surface area contributed by atoms with Crippen molar-refractivity contribution in [2.45, 2.75) is 26.3 Å². The molecule has 0 saturated carbocycles. The van der Waals surface area contributed by atoms with Crippen LogP contribution in [0.1, 0.15) is 30.5 Å². The molecule has 2 rings (SSSR count). The molecule has 0 aliphatic carbocycles. The third-order valence-electron chi connectivity index (χ3n) is 3.18. The van der Waals surface area contributed by atoms with Crippen LogP contribution in [0.5, 0.6) is 0 Å². The van der Waals surface area contributed by atoms with Crippen LogP contribution in [0, 0.1) is 18.6 Å². The monoisotopic (exact) mass is 261 g/mol. The van der Waals surface area contributed by atoms with Crippen LogP contribution in [0.4, 0.5) is 14.5 Å². The summed E-state index contributed by atoms with van der Waals surface area (Å²) in [6.07, 6.45) is 0.863. The first-order valence-corrected chi connectivity index (χ1v) is 6.38. The molecule has 0 radical (unpaired) electrons. The van der Waals surface area contributed by atoms with Gasteiger partial charge in [-0.25, -0.2) is 8.78 Å². The fraction of sp³-hybridized carbons (Fsp3) is 0.250. The number of halogens is 2. The number of nitrogens with one attached hydrogen (secondary N) is 1. The lowest BCUT2D eigenvalue weighted by Gasteiger charge is -2.19. The predicted molar refractivity (Wildman–Crippen MR) is 74.2 cm³/mol. The summed E-state index contributed by atoms with van der Waals surface area (Å²) in [6.45, 7) is 3.79. The second-order valence-corrected chi connectivity index (χ2v) is 4.62. The summed E-state index contributed by atoms with van der Waals surface area (Å²) in [7, 11) is 0. The molecule has 0 fully saturated rings. The molecule has 0 aromatic heterocycles. The minimum Gasteiger partial charge on any atom is -0.378 e. The van der Waals surface area contributed by atoms with Gasteiger partial charge in [-0.05, 0) is 54.8 Å². The van der Waals surface area contributed by atoms with Gasteiger partial charge in [-0.2, -0.15) is 0 Å². The largest absolute Gasteiger partial charge is 0.378 e. The molecule has 1 nitrogen and oxygen atoms in total. The van der Waals surface area contributed by atoms with Crippen molar-refractivity contribution in [1.29, 1.82) is 0 Å². The third-order valence-corrected chi connectivity index (χ3v) is 3.18. The van der Waals surface area contributed by atoms with E-state index in [1.54, 1.807) is 31.2 Å². The standard InChI is InChI=1S/C16H17F2N/c1-3-16(12-4-6-13(17)7-5-12)19-14-8-9-15(18)11(2)10-14/h4-10,16,19H,3H2,1-2H3. The third kappa shape index (κ3) is 3.31. The molecule has 0 aliphatic rings. The predicted octanol–water partition coefficient (Wildman–Crippen LogP) is 4.84. The second-order valence-electron chi connectivity index (χ2n) is 4.62. The van der Waals surface area contributed by atoms with Gasteiger partial charge in [0.25, 0.3) is 0 Å². The van der Waals surface area contributed by atoms with Crippen LogP contribution < -0.4 is 5.32 Å². The minimum atomic E-state index is -0.240. The molecule has 1 unspecified atom stereocenters. The molecule has 19 heavy (non-hydrogen) atoms. The average Bonchev–Trinajstić information content (AvgIpc) is 2.41. The fourth-order valence-electron chi connectivity index (χ4n) is 2.05. The molecule has 0 bridgehead atoms. The second kappa shape index (κ2) is 5.83. The molecule has 0 heterocycles. The smallest absolute Gasteiger partial charge is 0.126 e. The lowest BCUT2D eigenvalue weighted by atomic mass is 10.0. The highest BCUT2D eigenvalue weighted by Gasteiger charge is 2.09. The average molecular weight is 261 g/mol. The zero-order valence-corrected chi connectivity index (χ0v) is 11.1. The Labute approximate surface area is 112 Å². The maximum Gasteiger partial charge on any atom is 0.126 e. The molecule has 3 heteroatoms. The van der Waals surface area contributed by atoms with Crippen molar-refractivity contribution in [3.63, 3.8) is 0 Å². The van der Waals surface area contributed by atoms with Gasteiger partial charge < -0.3 is 5.32 Å². The van der Waals surface area contributed by atoms with Gasteiger partial charge in [0.1, 0.15) is 11.6 Å². The van der Waals surface area contributed by atoms with E-state index in [0.29, 0.717) is 5.56 Å². The number of hydrogen-bond donors (Lipinski definition) is 1. The number of rotatable bonds is 4. The Balaban J connectivity index is 2.18. The molecular weight excluding hydrogens is 244 g/mol. The van der Waals surface area contributed by atoms with Crippen molar-refractivity contribution in [2.24, 2.45) is 0 Å². The van der Waals surface area contributed by atoms with E-state index < -0.39 is 0 Å². The van der Waals surface area contributed by atoms with E-state index in [2.05, 4.69) is 12.2 Å². The van der Waals surface area contributed by atoms with Crippen LogP contribution in [0.3, 0.4) is 0 Å². The summed E-state index contributed by atoms with van der Waals surface area (Å²) in [4.78, 5) is 0. The van der Waals surface area contributed by atoms with E-state index in [4.69, 9.17) is 0 Å². The van der Waals surface area contributed by atoms with Gasteiger partial charge >= 0.3 is 0 Å². The Kier molecular flexibility index (Phi) is 4.15. The summed E-state index contributed by atoms with van der Waals surface area (Å²) in [5.41, 5.74) is 2.50. The summed E-state index contributed by atoms with van der Waals surface area (Å²) < 4.78 is 26.1. The van der Waals surface area contributed by atoms with Gasteiger partial charge in [0, 0.05) is 5.69 Å². The topological polar surface area (TPSA) is 12.0 Å². The van der Waals surface area contributed by atoms with Crippen molar-refractivity contribution in [3.05, 3.63) is 65.2 Å². The molecule has 100 valence electrons. The zero-order chi connectivity index (χ0) is 13.8. The maximum atomic E-state index is 13.2. The van der Waals surface area contributed by atoms with Gasteiger partial charge in [-0.3, -0.25) is 0 Å². The van der Waals surface area contributed by atoms with Crippen molar-refractivity contribution >= 4 is 5.69 Å². The Morgan fingerprint density at radius 3 is 2.32 bits per heavy atom. The van der Waals surface area contributed by atoms with Crippen LogP contribution in [0.15, 0.2) is 42.5 Å². The highest BCUT2D eigenvalue weighted by Crippen LogP contribution is 2.24. The van der Waals surface area contributed by atoms with Crippen molar-refractivity contribution in [3.8, 4) is 0 Å². The summed E-state index contributed by atoms with van der Waals surface area (Å²) in [5.74, 6) is -0.448. The van der Waals surface area contributed by atoms with Crippen molar-refractivity contribution < 1.29 is 8.78 Å². The first kappa shape index (κ1) is 13.5. The van der Waals surface area contributed by atoms with E-state index in [9.17, 15) is 8.78 Å². The van der Waals surface area contributed by atoms with Crippen molar-refractivity contribution in [1.82, 2.24) is 0 Å².